The predicted molar refractivity (Wildman–Crippen MR) is 97.1 cm³/mol. The molecule has 0 atom stereocenters. The Kier molecular flexibility index (Phi) is 5.82. The van der Waals surface area contributed by atoms with Gasteiger partial charge in [-0.25, -0.2) is 4.98 Å². The van der Waals surface area contributed by atoms with Gasteiger partial charge in [-0.15, -0.1) is 23.5 Å². The minimum atomic E-state index is -0.217. The second kappa shape index (κ2) is 8.26. The van der Waals surface area contributed by atoms with Gasteiger partial charge >= 0.3 is 0 Å². The molecular formula is C17H18N2O2S2. The fourth-order valence-corrected chi connectivity index (χ4v) is 5.06. The van der Waals surface area contributed by atoms with E-state index in [0.29, 0.717) is 16.1 Å². The van der Waals surface area contributed by atoms with E-state index in [-0.39, 0.29) is 12.5 Å². The second-order valence-corrected chi connectivity index (χ2v) is 7.77. The molecule has 0 saturated carbocycles. The fraction of sp³-hybridized carbons (Fsp3) is 0.294. The van der Waals surface area contributed by atoms with E-state index in [1.54, 1.807) is 18.3 Å². The third-order valence-corrected chi connectivity index (χ3v) is 6.30. The minimum Gasteiger partial charge on any atom is -0.484 e. The summed E-state index contributed by atoms with van der Waals surface area (Å²) < 4.78 is 6.05. The highest BCUT2D eigenvalue weighted by Gasteiger charge is 2.16. The van der Waals surface area contributed by atoms with Crippen molar-refractivity contribution in [1.82, 2.24) is 4.98 Å². The number of carbonyl (C=O) groups is 1. The topological polar surface area (TPSA) is 51.2 Å². The van der Waals surface area contributed by atoms with Gasteiger partial charge in [0.1, 0.15) is 11.6 Å². The summed E-state index contributed by atoms with van der Waals surface area (Å²) >= 11 is 3.99. The Hall–Kier alpha value is -1.66. The summed E-state index contributed by atoms with van der Waals surface area (Å²) in [5.74, 6) is 3.47. The van der Waals surface area contributed by atoms with Crippen molar-refractivity contribution >= 4 is 35.2 Å². The van der Waals surface area contributed by atoms with Crippen LogP contribution in [-0.2, 0) is 4.79 Å². The molecule has 1 saturated heterocycles. The summed E-state index contributed by atoms with van der Waals surface area (Å²) in [4.78, 5) is 15.9. The molecule has 0 aliphatic carbocycles. The summed E-state index contributed by atoms with van der Waals surface area (Å²) in [5, 5.41) is 2.69. The molecule has 0 bridgehead atoms. The minimum absolute atomic E-state index is 0.0250. The zero-order valence-corrected chi connectivity index (χ0v) is 14.2. The molecule has 6 heteroatoms. The Bertz CT molecular complexity index is 629. The van der Waals surface area contributed by atoms with E-state index >= 15 is 0 Å². The highest BCUT2D eigenvalue weighted by atomic mass is 32.2. The van der Waals surface area contributed by atoms with Gasteiger partial charge in [-0.1, -0.05) is 18.2 Å². The van der Waals surface area contributed by atoms with E-state index in [1.807, 2.05) is 41.7 Å². The first-order valence-corrected chi connectivity index (χ1v) is 9.58. The van der Waals surface area contributed by atoms with Crippen LogP contribution in [0.3, 0.4) is 0 Å². The molecule has 0 spiro atoms. The lowest BCUT2D eigenvalue weighted by Gasteiger charge is -2.21. The van der Waals surface area contributed by atoms with E-state index in [1.165, 1.54) is 23.5 Å². The first-order chi connectivity index (χ1) is 11.3. The molecule has 2 heterocycles. The number of hydrogen-bond acceptors (Lipinski definition) is 5. The maximum absolute atomic E-state index is 11.8. The summed E-state index contributed by atoms with van der Waals surface area (Å²) in [6.07, 6.45) is 2.93. The molecule has 1 aromatic heterocycles. The van der Waals surface area contributed by atoms with Crippen molar-refractivity contribution in [3.05, 3.63) is 54.2 Å². The zero-order chi connectivity index (χ0) is 15.9. The molecule has 1 aliphatic rings. The van der Waals surface area contributed by atoms with Gasteiger partial charge in [0, 0.05) is 6.20 Å². The van der Waals surface area contributed by atoms with E-state index in [4.69, 9.17) is 4.74 Å². The van der Waals surface area contributed by atoms with E-state index < -0.39 is 0 Å². The van der Waals surface area contributed by atoms with Gasteiger partial charge in [0.2, 0.25) is 0 Å². The van der Waals surface area contributed by atoms with E-state index in [9.17, 15) is 4.79 Å². The average Bonchev–Trinajstić information content (AvgIpc) is 2.62. The largest absolute Gasteiger partial charge is 0.484 e. The van der Waals surface area contributed by atoms with Crippen LogP contribution in [0.4, 0.5) is 5.82 Å². The number of nitrogens with one attached hydrogen (secondary N) is 1. The average molecular weight is 346 g/mol. The van der Waals surface area contributed by atoms with Crippen molar-refractivity contribution in [2.45, 2.75) is 11.0 Å². The van der Waals surface area contributed by atoms with Crippen LogP contribution in [0.1, 0.15) is 16.6 Å². The molecule has 1 aromatic carbocycles. The first-order valence-electron chi connectivity index (χ1n) is 7.48. The Morgan fingerprint density at radius 1 is 1.17 bits per heavy atom. The fourth-order valence-electron chi connectivity index (χ4n) is 2.17. The summed E-state index contributed by atoms with van der Waals surface area (Å²) in [6.45, 7) is -0.0250. The van der Waals surface area contributed by atoms with Crippen molar-refractivity contribution in [1.29, 1.82) is 0 Å². The number of ether oxygens (including phenoxy) is 1. The second-order valence-electron chi connectivity index (χ2n) is 5.05. The summed E-state index contributed by atoms with van der Waals surface area (Å²) in [5.41, 5.74) is 1.31. The van der Waals surface area contributed by atoms with Crippen LogP contribution in [0.5, 0.6) is 5.75 Å². The predicted octanol–water partition coefficient (Wildman–Crippen LogP) is 3.97. The normalized spacial score (nSPS) is 15.1. The lowest BCUT2D eigenvalue weighted by atomic mass is 10.2. The van der Waals surface area contributed by atoms with Gasteiger partial charge in [-0.3, -0.25) is 4.79 Å². The van der Waals surface area contributed by atoms with Crippen LogP contribution < -0.4 is 10.1 Å². The highest BCUT2D eigenvalue weighted by molar-refractivity contribution is 8.16. The van der Waals surface area contributed by atoms with Gasteiger partial charge in [0.05, 0.1) is 4.58 Å². The van der Waals surface area contributed by atoms with Crippen LogP contribution >= 0.6 is 23.5 Å². The molecule has 4 nitrogen and oxygen atoms in total. The summed E-state index contributed by atoms with van der Waals surface area (Å²) in [7, 11) is 0. The maximum Gasteiger partial charge on any atom is 0.263 e. The number of carbonyl (C=O) groups excluding carboxylic acids is 1. The standard InChI is InChI=1S/C17H18N2O2S2/c20-16(19-15-4-1-2-9-18-15)12-21-14-7-5-13(6-8-14)17-22-10-3-11-23-17/h1-2,4-9,17H,3,10-12H2,(H,18,19,20). The Morgan fingerprint density at radius 2 is 1.96 bits per heavy atom. The molecular weight excluding hydrogens is 328 g/mol. The lowest BCUT2D eigenvalue weighted by molar-refractivity contribution is -0.118. The monoisotopic (exact) mass is 346 g/mol. The lowest BCUT2D eigenvalue weighted by Crippen LogP contribution is -2.20. The van der Waals surface area contributed by atoms with Gasteiger partial charge in [-0.2, -0.15) is 0 Å². The molecule has 1 amide bonds. The van der Waals surface area contributed by atoms with Crippen molar-refractivity contribution in [3.63, 3.8) is 0 Å². The van der Waals surface area contributed by atoms with Gasteiger partial charge < -0.3 is 10.1 Å². The molecule has 1 fully saturated rings. The number of aromatic nitrogens is 1. The third-order valence-electron chi connectivity index (χ3n) is 3.28. The number of pyridine rings is 1. The van der Waals surface area contributed by atoms with Crippen molar-refractivity contribution < 1.29 is 9.53 Å². The number of rotatable bonds is 5. The molecule has 1 aliphatic heterocycles. The van der Waals surface area contributed by atoms with Crippen LogP contribution in [-0.4, -0.2) is 29.0 Å². The molecule has 23 heavy (non-hydrogen) atoms. The van der Waals surface area contributed by atoms with Gasteiger partial charge in [0.15, 0.2) is 6.61 Å². The number of hydrogen-bond donors (Lipinski definition) is 1. The van der Waals surface area contributed by atoms with E-state index in [0.717, 1.165) is 0 Å². The molecule has 1 N–H and O–H groups in total. The van der Waals surface area contributed by atoms with Crippen molar-refractivity contribution in [2.75, 3.05) is 23.4 Å². The Morgan fingerprint density at radius 3 is 2.65 bits per heavy atom. The highest BCUT2D eigenvalue weighted by Crippen LogP contribution is 2.43. The molecule has 2 aromatic rings. The van der Waals surface area contributed by atoms with Crippen LogP contribution in [0, 0.1) is 0 Å². The smallest absolute Gasteiger partial charge is 0.263 e. The molecule has 3 rings (SSSR count). The molecule has 0 unspecified atom stereocenters. The number of nitrogens with zero attached hydrogens (tertiary/aromatic N) is 1. The van der Waals surface area contributed by atoms with Crippen LogP contribution in [0.2, 0.25) is 0 Å². The summed E-state index contributed by atoms with van der Waals surface area (Å²) in [6, 6.07) is 13.4. The van der Waals surface area contributed by atoms with Crippen LogP contribution in [0.25, 0.3) is 0 Å². The molecule has 120 valence electrons. The van der Waals surface area contributed by atoms with E-state index in [2.05, 4.69) is 22.4 Å². The SMILES string of the molecule is O=C(COc1ccc(C2SCCCS2)cc1)Nc1ccccn1. The number of amides is 1. The Balaban J connectivity index is 1.49. The quantitative estimate of drug-likeness (QED) is 0.888. The van der Waals surface area contributed by atoms with Crippen LogP contribution in [0.15, 0.2) is 48.7 Å². The maximum atomic E-state index is 11.8. The number of anilines is 1. The third kappa shape index (κ3) is 4.91. The zero-order valence-electron chi connectivity index (χ0n) is 12.6. The van der Waals surface area contributed by atoms with Gasteiger partial charge in [-0.05, 0) is 47.8 Å². The molecule has 0 radical (unpaired) electrons. The number of benzene rings is 1. The first kappa shape index (κ1) is 16.2. The van der Waals surface area contributed by atoms with Gasteiger partial charge in [0.25, 0.3) is 5.91 Å². The number of thioether (sulfide) groups is 2. The van der Waals surface area contributed by atoms with Crippen molar-refractivity contribution in [3.8, 4) is 5.75 Å². The Labute approximate surface area is 144 Å². The van der Waals surface area contributed by atoms with Crippen molar-refractivity contribution in [2.24, 2.45) is 0 Å².